The fraction of sp³-hybridized carbons (Fsp3) is 1.00. The van der Waals surface area contributed by atoms with Gasteiger partial charge in [0.1, 0.15) is 0 Å². The highest BCUT2D eigenvalue weighted by Gasteiger charge is 2.29. The van der Waals surface area contributed by atoms with E-state index in [-0.39, 0.29) is 0 Å². The summed E-state index contributed by atoms with van der Waals surface area (Å²) in [6, 6.07) is 0.843. The Morgan fingerprint density at radius 2 is 1.40 bits per heavy atom. The molecule has 2 fully saturated rings. The van der Waals surface area contributed by atoms with Gasteiger partial charge in [-0.3, -0.25) is 4.90 Å². The zero-order valence-corrected chi connectivity index (χ0v) is 10.4. The molecule has 0 radical (unpaired) electrons. The lowest BCUT2D eigenvalue weighted by Crippen LogP contribution is -2.50. The number of morpholine rings is 1. The lowest BCUT2D eigenvalue weighted by atomic mass is 9.86. The van der Waals surface area contributed by atoms with Gasteiger partial charge < -0.3 is 4.74 Å². The lowest BCUT2D eigenvalue weighted by molar-refractivity contribution is -0.0850. The first kappa shape index (κ1) is 11.4. The van der Waals surface area contributed by atoms with Gasteiger partial charge in [0.25, 0.3) is 0 Å². The van der Waals surface area contributed by atoms with Crippen LogP contribution in [0, 0.1) is 5.92 Å². The summed E-state index contributed by atoms with van der Waals surface area (Å²) in [6.07, 6.45) is 6.50. The highest BCUT2D eigenvalue weighted by Crippen LogP contribution is 2.28. The monoisotopic (exact) mass is 211 g/mol. The molecule has 2 rings (SSSR count). The highest BCUT2D eigenvalue weighted by molar-refractivity contribution is 4.83. The first-order valence-electron chi connectivity index (χ1n) is 6.54. The van der Waals surface area contributed by atoms with Gasteiger partial charge in [-0.05, 0) is 45.4 Å². The maximum absolute atomic E-state index is 5.79. The number of hydrogen-bond acceptors (Lipinski definition) is 2. The highest BCUT2D eigenvalue weighted by atomic mass is 16.5. The average Bonchev–Trinajstić information content (AvgIpc) is 2.17. The Labute approximate surface area is 94.0 Å². The van der Waals surface area contributed by atoms with Gasteiger partial charge in [-0.15, -0.1) is 0 Å². The summed E-state index contributed by atoms with van der Waals surface area (Å²) in [4.78, 5) is 2.67. The molecule has 0 unspecified atom stereocenters. The molecule has 2 aliphatic rings. The predicted molar refractivity (Wildman–Crippen MR) is 63.0 cm³/mol. The molecule has 1 saturated heterocycles. The molecule has 1 saturated carbocycles. The van der Waals surface area contributed by atoms with E-state index in [1.165, 1.54) is 25.7 Å². The van der Waals surface area contributed by atoms with Crippen molar-refractivity contribution in [1.82, 2.24) is 4.90 Å². The molecule has 0 aromatic heterocycles. The van der Waals surface area contributed by atoms with Gasteiger partial charge in [0.2, 0.25) is 0 Å². The molecule has 0 aromatic carbocycles. The van der Waals surface area contributed by atoms with E-state index in [1.54, 1.807) is 0 Å². The van der Waals surface area contributed by atoms with E-state index >= 15 is 0 Å². The van der Waals surface area contributed by atoms with Gasteiger partial charge in [-0.1, -0.05) is 6.92 Å². The van der Waals surface area contributed by atoms with Crippen LogP contribution in [0.2, 0.25) is 0 Å². The van der Waals surface area contributed by atoms with Crippen LogP contribution in [0.5, 0.6) is 0 Å². The van der Waals surface area contributed by atoms with E-state index in [9.17, 15) is 0 Å². The zero-order chi connectivity index (χ0) is 10.8. The summed E-state index contributed by atoms with van der Waals surface area (Å²) < 4.78 is 5.79. The van der Waals surface area contributed by atoms with E-state index < -0.39 is 0 Å². The van der Waals surface area contributed by atoms with Crippen LogP contribution in [-0.2, 0) is 4.74 Å². The van der Waals surface area contributed by atoms with E-state index in [1.807, 2.05) is 0 Å². The number of ether oxygens (including phenoxy) is 1. The van der Waals surface area contributed by atoms with Crippen molar-refractivity contribution in [2.75, 3.05) is 13.1 Å². The van der Waals surface area contributed by atoms with Crippen molar-refractivity contribution in [3.8, 4) is 0 Å². The lowest BCUT2D eigenvalue weighted by Gasteiger charge is -2.42. The van der Waals surface area contributed by atoms with E-state index in [0.29, 0.717) is 12.2 Å². The maximum atomic E-state index is 5.79. The average molecular weight is 211 g/mol. The van der Waals surface area contributed by atoms with Crippen LogP contribution in [-0.4, -0.2) is 36.2 Å². The Hall–Kier alpha value is -0.0800. The normalized spacial score (nSPS) is 44.2. The van der Waals surface area contributed by atoms with E-state index in [4.69, 9.17) is 4.74 Å². The minimum absolute atomic E-state index is 0.424. The fourth-order valence-electron chi connectivity index (χ4n) is 3.12. The second kappa shape index (κ2) is 4.84. The van der Waals surface area contributed by atoms with Crippen molar-refractivity contribution >= 4 is 0 Å². The molecule has 2 atom stereocenters. The standard InChI is InChI=1S/C13H25NO/c1-10-4-6-13(7-5-10)14-8-11(2)15-12(3)9-14/h10-13H,4-9H2,1-3H3/t10?,11-,12+,13?. The maximum Gasteiger partial charge on any atom is 0.0678 e. The Balaban J connectivity index is 1.87. The topological polar surface area (TPSA) is 12.5 Å². The Morgan fingerprint density at radius 3 is 1.93 bits per heavy atom. The molecule has 0 N–H and O–H groups in total. The Bertz CT molecular complexity index is 189. The second-order valence-corrected chi connectivity index (χ2v) is 5.62. The third-order valence-electron chi connectivity index (χ3n) is 3.95. The van der Waals surface area contributed by atoms with Gasteiger partial charge in [-0.25, -0.2) is 0 Å². The summed E-state index contributed by atoms with van der Waals surface area (Å²) >= 11 is 0. The summed E-state index contributed by atoms with van der Waals surface area (Å²) in [5.41, 5.74) is 0. The van der Waals surface area contributed by atoms with Crippen molar-refractivity contribution in [3.05, 3.63) is 0 Å². The van der Waals surface area contributed by atoms with Crippen molar-refractivity contribution in [2.24, 2.45) is 5.92 Å². The minimum Gasteiger partial charge on any atom is -0.373 e. The van der Waals surface area contributed by atoms with Crippen LogP contribution in [0.15, 0.2) is 0 Å². The third kappa shape index (κ3) is 2.94. The van der Waals surface area contributed by atoms with Crippen molar-refractivity contribution in [3.63, 3.8) is 0 Å². The molecule has 88 valence electrons. The summed E-state index contributed by atoms with van der Waals surface area (Å²) in [5, 5.41) is 0. The molecular weight excluding hydrogens is 186 g/mol. The molecule has 0 bridgehead atoms. The van der Waals surface area contributed by atoms with Crippen molar-refractivity contribution < 1.29 is 4.74 Å². The van der Waals surface area contributed by atoms with E-state index in [0.717, 1.165) is 25.0 Å². The zero-order valence-electron chi connectivity index (χ0n) is 10.4. The molecule has 0 spiro atoms. The molecule has 1 aliphatic carbocycles. The first-order chi connectivity index (χ1) is 7.15. The van der Waals surface area contributed by atoms with Crippen LogP contribution >= 0.6 is 0 Å². The summed E-state index contributed by atoms with van der Waals surface area (Å²) in [7, 11) is 0. The van der Waals surface area contributed by atoms with Gasteiger partial charge in [-0.2, -0.15) is 0 Å². The van der Waals surface area contributed by atoms with Gasteiger partial charge in [0.05, 0.1) is 12.2 Å². The van der Waals surface area contributed by atoms with Crippen LogP contribution in [0.25, 0.3) is 0 Å². The SMILES string of the molecule is CC1CCC(N2C[C@@H](C)O[C@@H](C)C2)CC1. The first-order valence-corrected chi connectivity index (χ1v) is 6.54. The molecule has 1 heterocycles. The number of rotatable bonds is 1. The summed E-state index contributed by atoms with van der Waals surface area (Å²) in [6.45, 7) is 9.08. The number of nitrogens with zero attached hydrogens (tertiary/aromatic N) is 1. The largest absolute Gasteiger partial charge is 0.373 e. The quantitative estimate of drug-likeness (QED) is 0.661. The van der Waals surface area contributed by atoms with E-state index in [2.05, 4.69) is 25.7 Å². The minimum atomic E-state index is 0.424. The van der Waals surface area contributed by atoms with Crippen LogP contribution < -0.4 is 0 Å². The molecule has 0 aromatic rings. The Kier molecular flexibility index (Phi) is 3.68. The molecule has 2 nitrogen and oxygen atoms in total. The molecule has 2 heteroatoms. The van der Waals surface area contributed by atoms with Gasteiger partial charge in [0.15, 0.2) is 0 Å². The van der Waals surface area contributed by atoms with Crippen molar-refractivity contribution in [2.45, 2.75) is 64.7 Å². The van der Waals surface area contributed by atoms with Crippen LogP contribution in [0.3, 0.4) is 0 Å². The predicted octanol–water partition coefficient (Wildman–Crippen LogP) is 2.67. The third-order valence-corrected chi connectivity index (χ3v) is 3.95. The molecule has 0 amide bonds. The van der Waals surface area contributed by atoms with Gasteiger partial charge in [0, 0.05) is 19.1 Å². The van der Waals surface area contributed by atoms with Crippen molar-refractivity contribution in [1.29, 1.82) is 0 Å². The molecule has 1 aliphatic heterocycles. The number of hydrogen-bond donors (Lipinski definition) is 0. The Morgan fingerprint density at radius 1 is 0.867 bits per heavy atom. The van der Waals surface area contributed by atoms with Gasteiger partial charge >= 0.3 is 0 Å². The summed E-state index contributed by atoms with van der Waals surface area (Å²) in [5.74, 6) is 0.956. The molecule has 15 heavy (non-hydrogen) atoms. The fourth-order valence-corrected chi connectivity index (χ4v) is 3.12. The van der Waals surface area contributed by atoms with Crippen LogP contribution in [0.1, 0.15) is 46.5 Å². The smallest absolute Gasteiger partial charge is 0.0678 e. The van der Waals surface area contributed by atoms with Crippen LogP contribution in [0.4, 0.5) is 0 Å². The molecular formula is C13H25NO. The second-order valence-electron chi connectivity index (χ2n) is 5.62.